The van der Waals surface area contributed by atoms with Crippen molar-refractivity contribution in [3.8, 4) is 0 Å². The fourth-order valence-corrected chi connectivity index (χ4v) is 2.58. The topological polar surface area (TPSA) is 66.4 Å². The molecule has 0 aromatic rings. The molecule has 0 bridgehead atoms. The fraction of sp³-hybridized carbons (Fsp3) is 1.00. The minimum Gasteiger partial charge on any atom is -0.290 e. The number of rotatable bonds is 1. The van der Waals surface area contributed by atoms with E-state index < -0.39 is 14.8 Å². The molecule has 9 heavy (non-hydrogen) atoms. The summed E-state index contributed by atoms with van der Waals surface area (Å²) in [4.78, 5) is 0. The van der Waals surface area contributed by atoms with Gasteiger partial charge in [0.15, 0.2) is 4.71 Å². The molecule has 1 aliphatic rings. The lowest BCUT2D eigenvalue weighted by Crippen LogP contribution is -2.28. The Morgan fingerprint density at radius 2 is 2.33 bits per heavy atom. The van der Waals surface area contributed by atoms with Crippen molar-refractivity contribution in [2.45, 2.75) is 4.71 Å². The summed E-state index contributed by atoms with van der Waals surface area (Å²) in [5, 5.41) is 2.62. The Kier molecular flexibility index (Phi) is 2.00. The van der Waals surface area contributed by atoms with Crippen LogP contribution in [0.3, 0.4) is 0 Å². The summed E-state index contributed by atoms with van der Waals surface area (Å²) in [6.45, 7) is 0.648. The molecule has 0 aliphatic carbocycles. The maximum absolute atomic E-state index is 10.3. The van der Waals surface area contributed by atoms with Crippen LogP contribution in [0.4, 0.5) is 0 Å². The molecule has 0 radical (unpaired) electrons. The normalized spacial score (nSPS) is 28.8. The first-order chi connectivity index (χ1) is 4.11. The van der Waals surface area contributed by atoms with Gasteiger partial charge in [-0.15, -0.1) is 11.8 Å². The van der Waals surface area contributed by atoms with Crippen LogP contribution in [0.25, 0.3) is 0 Å². The van der Waals surface area contributed by atoms with E-state index in [1.54, 1.807) is 0 Å². The highest BCUT2D eigenvalue weighted by Crippen LogP contribution is 2.17. The molecule has 54 valence electrons. The van der Waals surface area contributed by atoms with Gasteiger partial charge in [0.2, 0.25) is 0 Å². The van der Waals surface area contributed by atoms with Crippen molar-refractivity contribution >= 4 is 21.9 Å². The van der Waals surface area contributed by atoms with Crippen LogP contribution in [0.15, 0.2) is 0 Å². The Balaban J connectivity index is 2.63. The summed E-state index contributed by atoms with van der Waals surface area (Å²) in [5.74, 6) is 0.741. The second kappa shape index (κ2) is 2.45. The summed E-state index contributed by atoms with van der Waals surface area (Å²) in [5.41, 5.74) is 0. The van der Waals surface area contributed by atoms with Gasteiger partial charge in [-0.05, 0) is 0 Å². The second-order valence-corrected chi connectivity index (χ2v) is 4.68. The molecule has 0 spiro atoms. The molecule has 1 heterocycles. The van der Waals surface area contributed by atoms with Gasteiger partial charge in [0.05, 0.1) is 0 Å². The third-order valence-electron chi connectivity index (χ3n) is 0.953. The largest absolute Gasteiger partial charge is 0.290 e. The molecule has 0 amide bonds. The molecule has 0 aromatic carbocycles. The highest BCUT2D eigenvalue weighted by Gasteiger charge is 2.26. The van der Waals surface area contributed by atoms with Crippen molar-refractivity contribution in [1.82, 2.24) is 5.32 Å². The fourth-order valence-electron chi connectivity index (χ4n) is 0.593. The average Bonchev–Trinajstić information content (AvgIpc) is 2.08. The molecule has 4 nitrogen and oxygen atoms in total. The number of hydrogen-bond donors (Lipinski definition) is 2. The number of nitrogens with one attached hydrogen (secondary N) is 1. The molecule has 6 heteroatoms. The maximum atomic E-state index is 10.3. The van der Waals surface area contributed by atoms with Gasteiger partial charge in [-0.25, -0.2) is 0 Å². The zero-order valence-corrected chi connectivity index (χ0v) is 6.20. The Bertz CT molecular complexity index is 181. The van der Waals surface area contributed by atoms with Crippen LogP contribution in [0.1, 0.15) is 0 Å². The summed E-state index contributed by atoms with van der Waals surface area (Å²) >= 11 is 1.20. The van der Waals surface area contributed by atoms with Crippen molar-refractivity contribution in [2.24, 2.45) is 0 Å². The Hall–Kier alpha value is 0.220. The monoisotopic (exact) mass is 169 g/mol. The first-order valence-electron chi connectivity index (χ1n) is 2.42. The first-order valence-corrected chi connectivity index (χ1v) is 4.97. The van der Waals surface area contributed by atoms with Gasteiger partial charge in [0, 0.05) is 12.3 Å². The maximum Gasteiger partial charge on any atom is 0.290 e. The Labute approximate surface area is 57.8 Å². The number of thioether (sulfide) groups is 1. The van der Waals surface area contributed by atoms with Gasteiger partial charge in [-0.2, -0.15) is 8.42 Å². The molecule has 1 rings (SSSR count). The van der Waals surface area contributed by atoms with Crippen LogP contribution < -0.4 is 5.32 Å². The van der Waals surface area contributed by atoms with Gasteiger partial charge < -0.3 is 0 Å². The van der Waals surface area contributed by atoms with Gasteiger partial charge in [0.25, 0.3) is 10.1 Å². The third-order valence-corrected chi connectivity index (χ3v) is 3.71. The van der Waals surface area contributed by atoms with E-state index in [0.29, 0.717) is 6.54 Å². The molecule has 1 fully saturated rings. The standard InChI is InChI=1S/C3H7NO3S2/c5-9(6,7)3-4-1-2-8-3/h3-4H,1-2H2,(H,5,6,7). The predicted octanol–water partition coefficient (Wildman–Crippen LogP) is -0.506. The lowest BCUT2D eigenvalue weighted by atomic mass is 10.8. The molecule has 0 saturated carbocycles. The van der Waals surface area contributed by atoms with E-state index >= 15 is 0 Å². The van der Waals surface area contributed by atoms with E-state index in [1.807, 2.05) is 0 Å². The lowest BCUT2D eigenvalue weighted by molar-refractivity contribution is 0.474. The molecule has 1 aliphatic heterocycles. The van der Waals surface area contributed by atoms with Crippen LogP contribution in [0.5, 0.6) is 0 Å². The molecule has 1 unspecified atom stereocenters. The average molecular weight is 169 g/mol. The zero-order valence-electron chi connectivity index (χ0n) is 4.57. The van der Waals surface area contributed by atoms with Crippen LogP contribution in [-0.4, -0.2) is 30.0 Å². The molecular formula is C3H7NO3S2. The van der Waals surface area contributed by atoms with Crippen LogP contribution in [-0.2, 0) is 10.1 Å². The van der Waals surface area contributed by atoms with E-state index in [2.05, 4.69) is 5.32 Å². The van der Waals surface area contributed by atoms with Crippen molar-refractivity contribution in [2.75, 3.05) is 12.3 Å². The highest BCUT2D eigenvalue weighted by molar-refractivity contribution is 8.11. The SMILES string of the molecule is O=S(=O)(O)C1NCCS1. The van der Waals surface area contributed by atoms with Crippen molar-refractivity contribution in [3.63, 3.8) is 0 Å². The van der Waals surface area contributed by atoms with Gasteiger partial charge in [-0.3, -0.25) is 9.87 Å². The number of hydrogen-bond acceptors (Lipinski definition) is 4. The van der Waals surface area contributed by atoms with Gasteiger partial charge in [0.1, 0.15) is 0 Å². The minimum absolute atomic E-state index is 0.648. The first kappa shape index (κ1) is 7.33. The molecule has 1 atom stereocenters. The van der Waals surface area contributed by atoms with E-state index in [-0.39, 0.29) is 0 Å². The summed E-state index contributed by atoms with van der Waals surface area (Å²) in [7, 11) is -3.85. The van der Waals surface area contributed by atoms with Crippen LogP contribution >= 0.6 is 11.8 Å². The van der Waals surface area contributed by atoms with Crippen molar-refractivity contribution in [1.29, 1.82) is 0 Å². The Morgan fingerprint density at radius 1 is 1.67 bits per heavy atom. The third kappa shape index (κ3) is 1.82. The van der Waals surface area contributed by atoms with Crippen LogP contribution in [0, 0.1) is 0 Å². The predicted molar refractivity (Wildman–Crippen MR) is 35.8 cm³/mol. The summed E-state index contributed by atoms with van der Waals surface area (Å²) in [6.07, 6.45) is 0. The summed E-state index contributed by atoms with van der Waals surface area (Å²) < 4.78 is 28.2. The highest BCUT2D eigenvalue weighted by atomic mass is 32.3. The van der Waals surface area contributed by atoms with E-state index in [9.17, 15) is 8.42 Å². The quantitative estimate of drug-likeness (QED) is 0.518. The van der Waals surface area contributed by atoms with E-state index in [4.69, 9.17) is 4.55 Å². The molecular weight excluding hydrogens is 162 g/mol. The van der Waals surface area contributed by atoms with Crippen molar-refractivity contribution < 1.29 is 13.0 Å². The van der Waals surface area contributed by atoms with Crippen molar-refractivity contribution in [3.05, 3.63) is 0 Å². The lowest BCUT2D eigenvalue weighted by Gasteiger charge is -2.02. The van der Waals surface area contributed by atoms with Gasteiger partial charge in [-0.1, -0.05) is 0 Å². The molecule has 1 saturated heterocycles. The smallest absolute Gasteiger partial charge is 0.290 e. The van der Waals surface area contributed by atoms with E-state index in [1.165, 1.54) is 11.8 Å². The zero-order chi connectivity index (χ0) is 6.91. The summed E-state index contributed by atoms with van der Waals surface area (Å²) in [6, 6.07) is 0. The molecule has 0 aromatic heterocycles. The minimum atomic E-state index is -3.85. The van der Waals surface area contributed by atoms with Gasteiger partial charge >= 0.3 is 0 Å². The van der Waals surface area contributed by atoms with Crippen LogP contribution in [0.2, 0.25) is 0 Å². The second-order valence-electron chi connectivity index (χ2n) is 1.67. The Morgan fingerprint density at radius 3 is 2.56 bits per heavy atom. The molecule has 2 N–H and O–H groups in total. The van der Waals surface area contributed by atoms with E-state index in [0.717, 1.165) is 5.75 Å².